The summed E-state index contributed by atoms with van der Waals surface area (Å²) < 4.78 is 3.34. The second-order valence-corrected chi connectivity index (χ2v) is 9.43. The predicted octanol–water partition coefficient (Wildman–Crippen LogP) is 4.72. The van der Waals surface area contributed by atoms with Crippen LogP contribution in [0.2, 0.25) is 0 Å². The monoisotopic (exact) mass is 467 g/mol. The van der Waals surface area contributed by atoms with Gasteiger partial charge >= 0.3 is 0 Å². The number of fused-ring (bicyclic) bond motifs is 3. The number of hydrogen-bond donors (Lipinski definition) is 1. The van der Waals surface area contributed by atoms with Crippen LogP contribution >= 0.6 is 11.8 Å². The SMILES string of the molecule is Cc1ccc(-n2ncc3c(=O)n4c(nc32)SCC4CC(=O)Nc2cccc3ccccc23)cc1. The fraction of sp³-hybridized carbons (Fsp3) is 0.154. The minimum Gasteiger partial charge on any atom is -0.325 e. The highest BCUT2D eigenvalue weighted by atomic mass is 32.2. The Morgan fingerprint density at radius 3 is 2.71 bits per heavy atom. The Kier molecular flexibility index (Phi) is 4.95. The number of amides is 1. The van der Waals surface area contributed by atoms with Gasteiger partial charge in [0.25, 0.3) is 5.56 Å². The lowest BCUT2D eigenvalue weighted by Crippen LogP contribution is -2.27. The van der Waals surface area contributed by atoms with E-state index in [1.807, 2.05) is 73.7 Å². The number of rotatable bonds is 4. The van der Waals surface area contributed by atoms with Crippen molar-refractivity contribution in [3.05, 3.63) is 88.8 Å². The molecule has 6 rings (SSSR count). The molecule has 1 N–H and O–H groups in total. The molecule has 0 bridgehead atoms. The third kappa shape index (κ3) is 3.47. The molecule has 34 heavy (non-hydrogen) atoms. The predicted molar refractivity (Wildman–Crippen MR) is 135 cm³/mol. The van der Waals surface area contributed by atoms with Crippen molar-refractivity contribution in [1.82, 2.24) is 19.3 Å². The average Bonchev–Trinajstić information content (AvgIpc) is 3.45. The van der Waals surface area contributed by atoms with Crippen LogP contribution in [0.1, 0.15) is 18.0 Å². The molecule has 1 aliphatic heterocycles. The molecule has 0 fully saturated rings. The maximum Gasteiger partial charge on any atom is 0.265 e. The minimum absolute atomic E-state index is 0.128. The lowest BCUT2D eigenvalue weighted by molar-refractivity contribution is -0.116. The van der Waals surface area contributed by atoms with E-state index in [9.17, 15) is 9.59 Å². The second kappa shape index (κ2) is 8.14. The van der Waals surface area contributed by atoms with Crippen molar-refractivity contribution >= 4 is 45.2 Å². The third-order valence-corrected chi connectivity index (χ3v) is 7.23. The van der Waals surface area contributed by atoms with E-state index >= 15 is 0 Å². The van der Waals surface area contributed by atoms with Gasteiger partial charge in [-0.2, -0.15) is 5.10 Å². The molecule has 0 saturated heterocycles. The van der Waals surface area contributed by atoms with Crippen molar-refractivity contribution < 1.29 is 4.79 Å². The van der Waals surface area contributed by atoms with Gasteiger partial charge in [0.05, 0.1) is 17.9 Å². The van der Waals surface area contributed by atoms with Crippen molar-refractivity contribution in [3.63, 3.8) is 0 Å². The minimum atomic E-state index is -0.262. The summed E-state index contributed by atoms with van der Waals surface area (Å²) in [4.78, 5) is 31.1. The van der Waals surface area contributed by atoms with Crippen LogP contribution in [-0.4, -0.2) is 31.0 Å². The molecule has 8 heteroatoms. The first-order chi connectivity index (χ1) is 16.6. The van der Waals surface area contributed by atoms with Crippen LogP contribution in [0.5, 0.6) is 0 Å². The number of aromatic nitrogens is 4. The molecule has 0 saturated carbocycles. The fourth-order valence-corrected chi connectivity index (χ4v) is 5.54. The number of aryl methyl sites for hydroxylation is 1. The molecule has 7 nitrogen and oxygen atoms in total. The van der Waals surface area contributed by atoms with Gasteiger partial charge in [-0.25, -0.2) is 9.67 Å². The van der Waals surface area contributed by atoms with Crippen LogP contribution in [0, 0.1) is 6.92 Å². The summed E-state index contributed by atoms with van der Waals surface area (Å²) in [5.74, 6) is 0.493. The zero-order chi connectivity index (χ0) is 23.2. The zero-order valence-corrected chi connectivity index (χ0v) is 19.2. The molecule has 3 aromatic carbocycles. The Bertz CT molecular complexity index is 1620. The lowest BCUT2D eigenvalue weighted by Gasteiger charge is -2.14. The molecule has 1 atom stereocenters. The largest absolute Gasteiger partial charge is 0.325 e. The van der Waals surface area contributed by atoms with Gasteiger partial charge < -0.3 is 5.32 Å². The van der Waals surface area contributed by atoms with E-state index in [0.717, 1.165) is 27.7 Å². The summed E-state index contributed by atoms with van der Waals surface area (Å²) >= 11 is 1.50. The van der Waals surface area contributed by atoms with Gasteiger partial charge in [-0.15, -0.1) is 0 Å². The molecule has 1 aliphatic rings. The molecule has 1 unspecified atom stereocenters. The van der Waals surface area contributed by atoms with Crippen LogP contribution in [0.15, 0.2) is 82.9 Å². The van der Waals surface area contributed by atoms with Gasteiger partial charge in [-0.05, 0) is 30.5 Å². The van der Waals surface area contributed by atoms with Crippen molar-refractivity contribution in [3.8, 4) is 5.69 Å². The van der Waals surface area contributed by atoms with Crippen LogP contribution < -0.4 is 10.9 Å². The summed E-state index contributed by atoms with van der Waals surface area (Å²) in [6.07, 6.45) is 1.76. The van der Waals surface area contributed by atoms with E-state index in [-0.39, 0.29) is 23.9 Å². The molecule has 168 valence electrons. The summed E-state index contributed by atoms with van der Waals surface area (Å²) in [7, 11) is 0. The van der Waals surface area contributed by atoms with E-state index in [4.69, 9.17) is 4.98 Å². The quantitative estimate of drug-likeness (QED) is 0.387. The van der Waals surface area contributed by atoms with Crippen molar-refractivity contribution in [1.29, 1.82) is 0 Å². The Balaban J connectivity index is 1.30. The summed E-state index contributed by atoms with van der Waals surface area (Å²) in [6, 6.07) is 21.4. The molecule has 5 aromatic rings. The van der Waals surface area contributed by atoms with E-state index in [0.29, 0.717) is 21.9 Å². The number of thioether (sulfide) groups is 1. The number of nitrogens with zero attached hydrogens (tertiary/aromatic N) is 4. The van der Waals surface area contributed by atoms with Crippen LogP contribution in [0.3, 0.4) is 0 Å². The summed E-state index contributed by atoms with van der Waals surface area (Å²) in [6.45, 7) is 2.02. The van der Waals surface area contributed by atoms with Gasteiger partial charge in [-0.3, -0.25) is 14.2 Å². The number of anilines is 1. The molecular formula is C26H21N5O2S. The summed E-state index contributed by atoms with van der Waals surface area (Å²) in [5.41, 5.74) is 3.15. The van der Waals surface area contributed by atoms with Crippen LogP contribution in [-0.2, 0) is 4.79 Å². The molecule has 1 amide bonds. The highest BCUT2D eigenvalue weighted by molar-refractivity contribution is 7.99. The van der Waals surface area contributed by atoms with E-state index in [1.165, 1.54) is 11.8 Å². The molecule has 0 spiro atoms. The molecule has 2 aromatic heterocycles. The van der Waals surface area contributed by atoms with Crippen LogP contribution in [0.25, 0.3) is 27.5 Å². The lowest BCUT2D eigenvalue weighted by atomic mass is 10.1. The fourth-order valence-electron chi connectivity index (χ4n) is 4.41. The van der Waals surface area contributed by atoms with E-state index in [1.54, 1.807) is 15.4 Å². The first kappa shape index (κ1) is 20.7. The number of carbonyl (C=O) groups excluding carboxylic acids is 1. The summed E-state index contributed by atoms with van der Waals surface area (Å²) in [5, 5.41) is 10.6. The number of hydrogen-bond acceptors (Lipinski definition) is 5. The maximum atomic E-state index is 13.4. The standard InChI is InChI=1S/C26H21N5O2S/c1-16-9-11-18(12-10-16)31-24-21(14-27-31)25(33)30-19(15-34-26(30)29-24)13-23(32)28-22-8-4-6-17-5-2-3-7-20(17)22/h2-12,14,19H,13,15H2,1H3,(H,28,32). The molecule has 0 radical (unpaired) electrons. The topological polar surface area (TPSA) is 81.8 Å². The highest BCUT2D eigenvalue weighted by Gasteiger charge is 2.29. The Morgan fingerprint density at radius 2 is 1.85 bits per heavy atom. The van der Waals surface area contributed by atoms with Crippen LogP contribution in [0.4, 0.5) is 5.69 Å². The third-order valence-electron chi connectivity index (χ3n) is 6.13. The highest BCUT2D eigenvalue weighted by Crippen LogP contribution is 2.34. The van der Waals surface area contributed by atoms with Gasteiger partial charge in [-0.1, -0.05) is 65.9 Å². The van der Waals surface area contributed by atoms with Gasteiger partial charge in [0.1, 0.15) is 5.39 Å². The number of carbonyl (C=O) groups is 1. The maximum absolute atomic E-state index is 13.4. The second-order valence-electron chi connectivity index (χ2n) is 8.44. The number of benzene rings is 3. The smallest absolute Gasteiger partial charge is 0.265 e. The first-order valence-corrected chi connectivity index (χ1v) is 12.0. The molecule has 3 heterocycles. The van der Waals surface area contributed by atoms with Gasteiger partial charge in [0, 0.05) is 23.2 Å². The van der Waals surface area contributed by atoms with Crippen molar-refractivity contribution in [2.45, 2.75) is 24.5 Å². The van der Waals surface area contributed by atoms with Gasteiger partial charge in [0.15, 0.2) is 10.8 Å². The Labute approximate surface area is 199 Å². The Morgan fingerprint density at radius 1 is 1.06 bits per heavy atom. The molecular weight excluding hydrogens is 446 g/mol. The Hall–Kier alpha value is -3.91. The number of nitrogens with one attached hydrogen (secondary N) is 1. The zero-order valence-electron chi connectivity index (χ0n) is 18.4. The van der Waals surface area contributed by atoms with E-state index < -0.39 is 0 Å². The normalized spacial score (nSPS) is 15.0. The van der Waals surface area contributed by atoms with Crippen molar-refractivity contribution in [2.75, 3.05) is 11.1 Å². The van der Waals surface area contributed by atoms with E-state index in [2.05, 4.69) is 10.4 Å². The first-order valence-electron chi connectivity index (χ1n) is 11.1. The van der Waals surface area contributed by atoms with Crippen molar-refractivity contribution in [2.24, 2.45) is 0 Å². The molecule has 0 aliphatic carbocycles. The average molecular weight is 468 g/mol. The van der Waals surface area contributed by atoms with Gasteiger partial charge in [0.2, 0.25) is 5.91 Å².